The van der Waals surface area contributed by atoms with Crippen molar-refractivity contribution in [2.45, 2.75) is 40.2 Å². The number of rotatable bonds is 6. The van der Waals surface area contributed by atoms with Crippen LogP contribution >= 0.6 is 34.8 Å². The maximum atomic E-state index is 12.1. The van der Waals surface area contributed by atoms with Gasteiger partial charge in [-0.3, -0.25) is 14.8 Å². The molecule has 1 atom stereocenters. The molecule has 1 unspecified atom stereocenters. The minimum absolute atomic E-state index is 0.00118. The van der Waals surface area contributed by atoms with Crippen LogP contribution in [0, 0.1) is 19.8 Å². The standard InChI is InChI=1S/C14H17N3O3.C11H8ClNO2.C8H6Cl2O3/c1-7(2)14(4)13(20)16-11(17-14)10-9(12(18)19)5-8(3)6-15-10;1-6-4-7-2-3-8(12)9(11(14)15)10(7)13-5-6;1-13-7-5(10)3-2-4(9)6(7)8(11)12/h5-7H,1-4H3,(H,18,19)(H,16,17,20);2-5H,1H3,(H,14,15);2-3H,1H3,(H,11,12). The van der Waals surface area contributed by atoms with E-state index in [0.29, 0.717) is 5.52 Å². The van der Waals surface area contributed by atoms with Gasteiger partial charge in [0.2, 0.25) is 0 Å². The Morgan fingerprint density at radius 3 is 1.90 bits per heavy atom. The van der Waals surface area contributed by atoms with Gasteiger partial charge in [-0.05, 0) is 68.1 Å². The number of methoxy groups -OCH3 is 1. The van der Waals surface area contributed by atoms with E-state index in [1.54, 1.807) is 38.4 Å². The monoisotopic (exact) mass is 716 g/mol. The highest BCUT2D eigenvalue weighted by molar-refractivity contribution is 6.37. The minimum Gasteiger partial charge on any atom is -0.494 e. The van der Waals surface area contributed by atoms with Crippen LogP contribution < -0.4 is 10.1 Å². The number of carbonyl (C=O) groups is 4. The Hall–Kier alpha value is -4.78. The third-order valence-corrected chi connectivity index (χ3v) is 8.20. The van der Waals surface area contributed by atoms with E-state index < -0.39 is 23.4 Å². The number of aromatic nitrogens is 2. The fourth-order valence-corrected chi connectivity index (χ4v) is 5.09. The molecule has 1 aliphatic heterocycles. The van der Waals surface area contributed by atoms with Crippen LogP contribution in [-0.4, -0.2) is 67.6 Å². The molecule has 48 heavy (non-hydrogen) atoms. The van der Waals surface area contributed by atoms with E-state index in [4.69, 9.17) is 49.8 Å². The third kappa shape index (κ3) is 8.19. The van der Waals surface area contributed by atoms with Crippen molar-refractivity contribution in [1.29, 1.82) is 0 Å². The smallest absolute Gasteiger partial charge is 0.341 e. The normalized spacial score (nSPS) is 15.0. The predicted molar refractivity (Wildman–Crippen MR) is 182 cm³/mol. The summed E-state index contributed by atoms with van der Waals surface area (Å²) >= 11 is 17.2. The number of nitrogens with zero attached hydrogens (tertiary/aromatic N) is 3. The molecular weight excluding hydrogens is 687 g/mol. The lowest BCUT2D eigenvalue weighted by Gasteiger charge is -2.21. The summed E-state index contributed by atoms with van der Waals surface area (Å²) in [6.07, 6.45) is 3.19. The number of amides is 1. The zero-order valence-electron chi connectivity index (χ0n) is 26.6. The predicted octanol–water partition coefficient (Wildman–Crippen LogP) is 6.97. The Morgan fingerprint density at radius 2 is 1.38 bits per heavy atom. The lowest BCUT2D eigenvalue weighted by atomic mass is 9.89. The maximum absolute atomic E-state index is 12.1. The fourth-order valence-electron chi connectivity index (χ4n) is 4.39. The van der Waals surface area contributed by atoms with E-state index in [2.05, 4.69) is 20.3 Å². The van der Waals surface area contributed by atoms with Gasteiger partial charge < -0.3 is 25.4 Å². The summed E-state index contributed by atoms with van der Waals surface area (Å²) < 4.78 is 4.82. The van der Waals surface area contributed by atoms with Gasteiger partial charge in [0, 0.05) is 17.8 Å². The maximum Gasteiger partial charge on any atom is 0.341 e. The number of benzene rings is 2. The molecule has 12 nitrogen and oxygen atoms in total. The van der Waals surface area contributed by atoms with Crippen LogP contribution in [0.4, 0.5) is 0 Å². The lowest BCUT2D eigenvalue weighted by molar-refractivity contribution is -0.124. The molecule has 1 amide bonds. The molecule has 5 rings (SSSR count). The first-order valence-electron chi connectivity index (χ1n) is 14.1. The number of fused-ring (bicyclic) bond motifs is 1. The lowest BCUT2D eigenvalue weighted by Crippen LogP contribution is -2.41. The molecule has 0 saturated heterocycles. The Bertz CT molecular complexity index is 1970. The molecule has 3 heterocycles. The summed E-state index contributed by atoms with van der Waals surface area (Å²) in [6, 6.07) is 9.64. The largest absolute Gasteiger partial charge is 0.494 e. The average molecular weight is 718 g/mol. The highest BCUT2D eigenvalue weighted by Crippen LogP contribution is 2.33. The molecule has 0 spiro atoms. The van der Waals surface area contributed by atoms with Crippen LogP contribution in [0.1, 0.15) is 68.7 Å². The molecule has 2 aromatic heterocycles. The quantitative estimate of drug-likeness (QED) is 0.162. The molecule has 0 saturated carbocycles. The van der Waals surface area contributed by atoms with Gasteiger partial charge >= 0.3 is 17.9 Å². The summed E-state index contributed by atoms with van der Waals surface area (Å²) in [5.41, 5.74) is 1.45. The average Bonchev–Trinajstić information content (AvgIpc) is 3.33. The number of carboxylic acid groups (broad SMARTS) is 3. The summed E-state index contributed by atoms with van der Waals surface area (Å²) in [5.74, 6) is -3.23. The summed E-state index contributed by atoms with van der Waals surface area (Å²) in [4.78, 5) is 57.7. The van der Waals surface area contributed by atoms with Gasteiger partial charge in [0.1, 0.15) is 22.4 Å². The van der Waals surface area contributed by atoms with E-state index >= 15 is 0 Å². The number of hydrogen-bond donors (Lipinski definition) is 4. The van der Waals surface area contributed by atoms with Crippen LogP contribution in [0.2, 0.25) is 15.1 Å². The third-order valence-electron chi connectivity index (χ3n) is 7.27. The molecule has 0 radical (unpaired) electrons. The molecule has 0 bridgehead atoms. The van der Waals surface area contributed by atoms with Crippen molar-refractivity contribution in [3.63, 3.8) is 0 Å². The Morgan fingerprint density at radius 1 is 0.833 bits per heavy atom. The van der Waals surface area contributed by atoms with Crippen LogP contribution in [-0.2, 0) is 4.79 Å². The Balaban J connectivity index is 0.000000201. The molecule has 15 heteroatoms. The van der Waals surface area contributed by atoms with Crippen LogP contribution in [0.15, 0.2) is 53.8 Å². The van der Waals surface area contributed by atoms with E-state index in [1.807, 2.05) is 26.8 Å². The van der Waals surface area contributed by atoms with Crippen molar-refractivity contribution in [2.75, 3.05) is 7.11 Å². The first-order chi connectivity index (χ1) is 22.4. The number of aryl methyl sites for hydroxylation is 2. The van der Waals surface area contributed by atoms with Crippen molar-refractivity contribution in [2.24, 2.45) is 10.9 Å². The van der Waals surface area contributed by atoms with E-state index in [0.717, 1.165) is 16.5 Å². The van der Waals surface area contributed by atoms with Crippen LogP contribution in [0.3, 0.4) is 0 Å². The molecule has 0 aliphatic carbocycles. The zero-order valence-corrected chi connectivity index (χ0v) is 28.8. The van der Waals surface area contributed by atoms with E-state index in [9.17, 15) is 24.3 Å². The molecule has 1 aliphatic rings. The highest BCUT2D eigenvalue weighted by Gasteiger charge is 2.43. The second kappa shape index (κ2) is 15.4. The number of amidine groups is 1. The summed E-state index contributed by atoms with van der Waals surface area (Å²) in [6.45, 7) is 9.19. The van der Waals surface area contributed by atoms with Crippen LogP contribution in [0.5, 0.6) is 5.75 Å². The number of carboxylic acids is 3. The zero-order chi connectivity index (χ0) is 36.1. The van der Waals surface area contributed by atoms with Gasteiger partial charge in [-0.25, -0.2) is 19.4 Å². The van der Waals surface area contributed by atoms with Gasteiger partial charge in [0.15, 0.2) is 11.6 Å². The van der Waals surface area contributed by atoms with Crippen molar-refractivity contribution in [1.82, 2.24) is 15.3 Å². The Labute approximate surface area is 290 Å². The molecule has 4 N–H and O–H groups in total. The minimum atomic E-state index is -1.16. The number of hydrogen-bond acceptors (Lipinski definition) is 8. The molecule has 2 aromatic carbocycles. The van der Waals surface area contributed by atoms with Crippen molar-refractivity contribution < 1.29 is 39.2 Å². The van der Waals surface area contributed by atoms with E-state index in [1.165, 1.54) is 25.3 Å². The second-order valence-electron chi connectivity index (χ2n) is 11.0. The summed E-state index contributed by atoms with van der Waals surface area (Å²) in [7, 11) is 1.34. The molecular formula is C33H31Cl3N4O8. The van der Waals surface area contributed by atoms with E-state index in [-0.39, 0.29) is 60.9 Å². The van der Waals surface area contributed by atoms with Crippen LogP contribution in [0.25, 0.3) is 10.9 Å². The van der Waals surface area contributed by atoms with Gasteiger partial charge in [0.25, 0.3) is 5.91 Å². The molecule has 252 valence electrons. The first-order valence-corrected chi connectivity index (χ1v) is 15.2. The Kier molecular flexibility index (Phi) is 12.1. The number of nitrogens with one attached hydrogen (secondary N) is 1. The number of aliphatic imine (C=N–C) groups is 1. The number of ether oxygens (including phenoxy) is 1. The SMILES string of the molecule is COc1c(Cl)ccc(Cl)c1C(=O)O.Cc1cnc(C2=NC(C)(C(C)C)C(=O)N2)c(C(=O)O)c1.Cc1cnc2c(C(=O)O)c(Cl)ccc2c1. The topological polar surface area (TPSA) is 188 Å². The number of carbonyl (C=O) groups excluding carboxylic acids is 1. The van der Waals surface area contributed by atoms with Gasteiger partial charge in [-0.15, -0.1) is 0 Å². The van der Waals surface area contributed by atoms with Crippen molar-refractivity contribution in [3.8, 4) is 5.75 Å². The van der Waals surface area contributed by atoms with Gasteiger partial charge in [-0.1, -0.05) is 54.7 Å². The van der Waals surface area contributed by atoms with Gasteiger partial charge in [0.05, 0.1) is 33.3 Å². The fraction of sp³-hybridized carbons (Fsp3) is 0.242. The number of aromatic carboxylic acids is 3. The second-order valence-corrected chi connectivity index (χ2v) is 12.2. The number of pyridine rings is 2. The number of halogens is 3. The molecule has 0 fully saturated rings. The molecule has 4 aromatic rings. The van der Waals surface area contributed by atoms with Gasteiger partial charge in [-0.2, -0.15) is 0 Å². The van der Waals surface area contributed by atoms with Crippen molar-refractivity contribution in [3.05, 3.63) is 97.4 Å². The first kappa shape index (κ1) is 37.7. The summed E-state index contributed by atoms with van der Waals surface area (Å²) in [5, 5.41) is 31.0. The van der Waals surface area contributed by atoms with Crippen molar-refractivity contribution >= 4 is 75.4 Å². The highest BCUT2D eigenvalue weighted by atomic mass is 35.5.